The quantitative estimate of drug-likeness (QED) is 0.877. The summed E-state index contributed by atoms with van der Waals surface area (Å²) in [5.74, 6) is 1.15. The SMILES string of the molecule is CNCc1cccnc1N1CCC(N2CCOCC2)C1. The van der Waals surface area contributed by atoms with Crippen LogP contribution in [0.1, 0.15) is 12.0 Å². The number of hydrogen-bond donors (Lipinski definition) is 1. The van der Waals surface area contributed by atoms with E-state index in [1.807, 2.05) is 19.3 Å². The Morgan fingerprint density at radius 3 is 3.00 bits per heavy atom. The fraction of sp³-hybridized carbons (Fsp3) is 0.667. The average Bonchev–Trinajstić information content (AvgIpc) is 2.99. The Morgan fingerprint density at radius 2 is 2.20 bits per heavy atom. The second kappa shape index (κ2) is 6.52. The number of nitrogens with zero attached hydrogens (tertiary/aromatic N) is 3. The Morgan fingerprint density at radius 1 is 1.35 bits per heavy atom. The molecule has 0 bridgehead atoms. The van der Waals surface area contributed by atoms with Gasteiger partial charge < -0.3 is 15.0 Å². The zero-order chi connectivity index (χ0) is 13.8. The van der Waals surface area contributed by atoms with Gasteiger partial charge in [0.2, 0.25) is 0 Å². The van der Waals surface area contributed by atoms with E-state index in [2.05, 4.69) is 26.2 Å². The molecular weight excluding hydrogens is 252 g/mol. The lowest BCUT2D eigenvalue weighted by Gasteiger charge is -2.32. The minimum absolute atomic E-state index is 0.656. The fourth-order valence-corrected chi connectivity index (χ4v) is 3.22. The molecule has 110 valence electrons. The minimum Gasteiger partial charge on any atom is -0.379 e. The topological polar surface area (TPSA) is 40.6 Å². The predicted octanol–water partition coefficient (Wildman–Crippen LogP) is 0.712. The van der Waals surface area contributed by atoms with Gasteiger partial charge in [0.15, 0.2) is 0 Å². The lowest BCUT2D eigenvalue weighted by Crippen LogP contribution is -2.44. The zero-order valence-electron chi connectivity index (χ0n) is 12.2. The molecule has 0 radical (unpaired) electrons. The van der Waals surface area contributed by atoms with E-state index in [0.29, 0.717) is 6.04 Å². The number of pyridine rings is 1. The Hall–Kier alpha value is -1.17. The van der Waals surface area contributed by atoms with Crippen molar-refractivity contribution in [1.82, 2.24) is 15.2 Å². The molecule has 5 nitrogen and oxygen atoms in total. The van der Waals surface area contributed by atoms with Crippen LogP contribution in [0.3, 0.4) is 0 Å². The van der Waals surface area contributed by atoms with Gasteiger partial charge in [-0.3, -0.25) is 4.90 Å². The molecule has 1 aromatic rings. The summed E-state index contributed by atoms with van der Waals surface area (Å²) in [6, 6.07) is 4.84. The van der Waals surface area contributed by atoms with Crippen molar-refractivity contribution in [2.45, 2.75) is 19.0 Å². The number of rotatable bonds is 4. The van der Waals surface area contributed by atoms with Gasteiger partial charge in [0.05, 0.1) is 13.2 Å². The van der Waals surface area contributed by atoms with Crippen molar-refractivity contribution in [2.75, 3.05) is 51.3 Å². The predicted molar refractivity (Wildman–Crippen MR) is 80.0 cm³/mol. The van der Waals surface area contributed by atoms with E-state index >= 15 is 0 Å². The van der Waals surface area contributed by atoms with Crippen LogP contribution in [0.15, 0.2) is 18.3 Å². The molecule has 1 atom stereocenters. The number of aromatic nitrogens is 1. The number of nitrogens with one attached hydrogen (secondary N) is 1. The number of morpholine rings is 1. The summed E-state index contributed by atoms with van der Waals surface area (Å²) in [5.41, 5.74) is 1.29. The first kappa shape index (κ1) is 13.8. The highest BCUT2D eigenvalue weighted by atomic mass is 16.5. The lowest BCUT2D eigenvalue weighted by molar-refractivity contribution is 0.0209. The minimum atomic E-state index is 0.656. The van der Waals surface area contributed by atoms with Crippen molar-refractivity contribution in [2.24, 2.45) is 0 Å². The lowest BCUT2D eigenvalue weighted by atomic mass is 10.2. The fourth-order valence-electron chi connectivity index (χ4n) is 3.22. The van der Waals surface area contributed by atoms with Crippen LogP contribution in [0.4, 0.5) is 5.82 Å². The summed E-state index contributed by atoms with van der Waals surface area (Å²) in [5, 5.41) is 3.23. The molecule has 0 saturated carbocycles. The van der Waals surface area contributed by atoms with Crippen LogP contribution in [0.5, 0.6) is 0 Å². The Labute approximate surface area is 120 Å². The van der Waals surface area contributed by atoms with Gasteiger partial charge in [-0.15, -0.1) is 0 Å². The number of ether oxygens (including phenoxy) is 1. The molecule has 20 heavy (non-hydrogen) atoms. The zero-order valence-corrected chi connectivity index (χ0v) is 12.2. The summed E-state index contributed by atoms with van der Waals surface area (Å²) < 4.78 is 5.45. The van der Waals surface area contributed by atoms with Crippen LogP contribution in [-0.4, -0.2) is 62.4 Å². The third-order valence-electron chi connectivity index (χ3n) is 4.26. The molecule has 3 rings (SSSR count). The van der Waals surface area contributed by atoms with E-state index in [1.165, 1.54) is 12.0 Å². The molecule has 2 aliphatic heterocycles. The molecule has 2 saturated heterocycles. The standard InChI is InChI=1S/C15H24N4O/c1-16-11-13-3-2-5-17-15(13)19-6-4-14(12-19)18-7-9-20-10-8-18/h2-3,5,14,16H,4,6-12H2,1H3. The molecule has 0 amide bonds. The van der Waals surface area contributed by atoms with Crippen LogP contribution in [0, 0.1) is 0 Å². The van der Waals surface area contributed by atoms with Gasteiger partial charge in [0.25, 0.3) is 0 Å². The maximum absolute atomic E-state index is 5.45. The van der Waals surface area contributed by atoms with Crippen molar-refractivity contribution in [3.05, 3.63) is 23.9 Å². The van der Waals surface area contributed by atoms with Crippen molar-refractivity contribution in [1.29, 1.82) is 0 Å². The molecular formula is C15H24N4O. The second-order valence-electron chi connectivity index (χ2n) is 5.55. The molecule has 1 N–H and O–H groups in total. The third kappa shape index (κ3) is 2.95. The van der Waals surface area contributed by atoms with Gasteiger partial charge in [-0.2, -0.15) is 0 Å². The third-order valence-corrected chi connectivity index (χ3v) is 4.26. The summed E-state index contributed by atoms with van der Waals surface area (Å²) in [4.78, 5) is 9.61. The van der Waals surface area contributed by atoms with Gasteiger partial charge >= 0.3 is 0 Å². The van der Waals surface area contributed by atoms with E-state index in [1.54, 1.807) is 0 Å². The number of hydrogen-bond acceptors (Lipinski definition) is 5. The van der Waals surface area contributed by atoms with E-state index in [-0.39, 0.29) is 0 Å². The summed E-state index contributed by atoms with van der Waals surface area (Å²) in [6.07, 6.45) is 3.13. The van der Waals surface area contributed by atoms with Crippen LogP contribution in [0.25, 0.3) is 0 Å². The summed E-state index contributed by atoms with van der Waals surface area (Å²) in [6.45, 7) is 6.98. The van der Waals surface area contributed by atoms with Crippen molar-refractivity contribution in [3.63, 3.8) is 0 Å². The first-order chi connectivity index (χ1) is 9.88. The average molecular weight is 276 g/mol. The Balaban J connectivity index is 1.67. The van der Waals surface area contributed by atoms with Crippen molar-refractivity contribution < 1.29 is 4.74 Å². The Bertz CT molecular complexity index is 434. The molecule has 5 heteroatoms. The normalized spacial score (nSPS) is 24.2. The van der Waals surface area contributed by atoms with E-state index in [9.17, 15) is 0 Å². The van der Waals surface area contributed by atoms with Gasteiger partial charge in [0.1, 0.15) is 5.82 Å². The van der Waals surface area contributed by atoms with Crippen molar-refractivity contribution >= 4 is 5.82 Å². The summed E-state index contributed by atoms with van der Waals surface area (Å²) in [7, 11) is 1.98. The molecule has 3 heterocycles. The van der Waals surface area contributed by atoms with Crippen molar-refractivity contribution in [3.8, 4) is 0 Å². The molecule has 0 aromatic carbocycles. The highest BCUT2D eigenvalue weighted by Gasteiger charge is 2.30. The maximum atomic E-state index is 5.45. The van der Waals surface area contributed by atoms with Gasteiger partial charge in [0, 0.05) is 50.5 Å². The maximum Gasteiger partial charge on any atom is 0.133 e. The van der Waals surface area contributed by atoms with Gasteiger partial charge in [-0.1, -0.05) is 6.07 Å². The van der Waals surface area contributed by atoms with E-state index in [4.69, 9.17) is 4.74 Å². The summed E-state index contributed by atoms with van der Waals surface area (Å²) >= 11 is 0. The largest absolute Gasteiger partial charge is 0.379 e. The monoisotopic (exact) mass is 276 g/mol. The first-order valence-corrected chi connectivity index (χ1v) is 7.53. The number of anilines is 1. The van der Waals surface area contributed by atoms with Crippen LogP contribution in [0.2, 0.25) is 0 Å². The first-order valence-electron chi connectivity index (χ1n) is 7.53. The smallest absolute Gasteiger partial charge is 0.133 e. The van der Waals surface area contributed by atoms with Gasteiger partial charge in [-0.05, 0) is 19.5 Å². The van der Waals surface area contributed by atoms with Crippen LogP contribution >= 0.6 is 0 Å². The highest BCUT2D eigenvalue weighted by molar-refractivity contribution is 5.47. The molecule has 1 unspecified atom stereocenters. The van der Waals surface area contributed by atoms with E-state index in [0.717, 1.165) is 51.8 Å². The highest BCUT2D eigenvalue weighted by Crippen LogP contribution is 2.24. The molecule has 0 spiro atoms. The molecule has 1 aromatic heterocycles. The molecule has 2 aliphatic rings. The molecule has 2 fully saturated rings. The van der Waals surface area contributed by atoms with E-state index < -0.39 is 0 Å². The van der Waals surface area contributed by atoms with Crippen LogP contribution < -0.4 is 10.2 Å². The van der Waals surface area contributed by atoms with Crippen LogP contribution in [-0.2, 0) is 11.3 Å². The Kier molecular flexibility index (Phi) is 4.50. The second-order valence-corrected chi connectivity index (χ2v) is 5.55. The van der Waals surface area contributed by atoms with Gasteiger partial charge in [-0.25, -0.2) is 4.98 Å². The molecule has 0 aliphatic carbocycles.